The van der Waals surface area contributed by atoms with Crippen LogP contribution < -0.4 is 4.89 Å². The summed E-state index contributed by atoms with van der Waals surface area (Å²) in [7, 11) is 1.17. The topological polar surface area (TPSA) is 111 Å². The Morgan fingerprint density at radius 2 is 0.679 bits per heavy atom. The highest BCUT2D eigenvalue weighted by atomic mass is 31.2. The van der Waals surface area contributed by atoms with Gasteiger partial charge in [0.2, 0.25) is 0 Å². The summed E-state index contributed by atoms with van der Waals surface area (Å²) >= 11 is 0. The van der Waals surface area contributed by atoms with E-state index >= 15 is 0 Å². The lowest BCUT2D eigenvalue weighted by atomic mass is 10.0. The van der Waals surface area contributed by atoms with E-state index in [0.29, 0.717) is 17.4 Å². The molecule has 9 nitrogen and oxygen atoms in total. The number of rotatable bonds is 65. The van der Waals surface area contributed by atoms with E-state index in [0.717, 1.165) is 83.5 Å². The first-order valence-electron chi connectivity index (χ1n) is 35.3. The van der Waals surface area contributed by atoms with Crippen LogP contribution in [0.4, 0.5) is 0 Å². The van der Waals surface area contributed by atoms with Gasteiger partial charge in [-0.2, -0.15) is 0 Å². The molecule has 0 radical (unpaired) electrons. The number of hydrogen-bond donors (Lipinski definition) is 0. The lowest BCUT2D eigenvalue weighted by molar-refractivity contribution is -0.870. The van der Waals surface area contributed by atoms with E-state index in [-0.39, 0.29) is 32.0 Å². The van der Waals surface area contributed by atoms with Gasteiger partial charge in [0, 0.05) is 12.8 Å². The summed E-state index contributed by atoms with van der Waals surface area (Å²) in [5.74, 6) is -0.826. The molecule has 0 rings (SSSR count). The van der Waals surface area contributed by atoms with E-state index < -0.39 is 26.5 Å². The first-order valence-corrected chi connectivity index (χ1v) is 36.8. The molecule has 2 atom stereocenters. The van der Waals surface area contributed by atoms with Gasteiger partial charge in [-0.1, -0.05) is 304 Å². The highest BCUT2D eigenvalue weighted by Crippen LogP contribution is 2.38. The molecular formula is C74H134NO8P. The Morgan fingerprint density at radius 1 is 0.381 bits per heavy atom. The maximum Gasteiger partial charge on any atom is 0.306 e. The predicted octanol–water partition coefficient (Wildman–Crippen LogP) is 22.3. The maximum absolute atomic E-state index is 12.9. The zero-order valence-corrected chi connectivity index (χ0v) is 56.5. The van der Waals surface area contributed by atoms with E-state index in [1.165, 1.54) is 205 Å². The molecule has 0 aromatic heterocycles. The normalized spacial score (nSPS) is 13.6. The number of phosphoric ester groups is 1. The minimum absolute atomic E-state index is 0.0330. The fourth-order valence-electron chi connectivity index (χ4n) is 10.0. The molecule has 0 aromatic carbocycles. The molecule has 488 valence electrons. The van der Waals surface area contributed by atoms with Crippen molar-refractivity contribution in [3.8, 4) is 0 Å². The van der Waals surface area contributed by atoms with Crippen LogP contribution in [0.3, 0.4) is 0 Å². The van der Waals surface area contributed by atoms with Crippen molar-refractivity contribution in [1.29, 1.82) is 0 Å². The molecule has 0 aliphatic carbocycles. The van der Waals surface area contributed by atoms with Gasteiger partial charge >= 0.3 is 11.9 Å². The van der Waals surface area contributed by atoms with Crippen molar-refractivity contribution in [1.82, 2.24) is 0 Å². The number of phosphoric acid groups is 1. The van der Waals surface area contributed by atoms with Gasteiger partial charge in [-0.3, -0.25) is 14.2 Å². The van der Waals surface area contributed by atoms with Crippen molar-refractivity contribution in [3.63, 3.8) is 0 Å². The molecule has 10 heteroatoms. The zero-order valence-electron chi connectivity index (χ0n) is 55.6. The quantitative estimate of drug-likeness (QED) is 0.0195. The zero-order chi connectivity index (χ0) is 61.2. The fraction of sp³-hybridized carbons (Fsp3) is 0.784. The number of hydrogen-bond acceptors (Lipinski definition) is 8. The molecule has 2 unspecified atom stereocenters. The molecule has 0 saturated carbocycles. The number of carbonyl (C=O) groups is 2. The average Bonchev–Trinajstić information content (AvgIpc) is 3.61. The summed E-state index contributed by atoms with van der Waals surface area (Å²) in [5, 5.41) is 0. The van der Waals surface area contributed by atoms with E-state index in [1.54, 1.807) is 0 Å². The fourth-order valence-corrected chi connectivity index (χ4v) is 10.7. The lowest BCUT2D eigenvalue weighted by Crippen LogP contribution is -2.37. The standard InChI is InChI=1S/C74H134NO8P/c1-6-8-10-12-14-16-18-20-22-24-26-28-30-32-34-35-36-37-38-39-41-42-44-46-48-50-52-54-56-58-60-62-64-66-73(76)80-70-72(71-82-84(78,79)81-69-68-75(3,4)5)83-74(77)67-65-63-61-59-57-55-53-51-49-47-45-43-40-33-31-29-27-25-23-21-19-17-15-13-11-9-7-2/h9,11,15,17-18,20-21,23-24,26-27,29,33,40,72H,6-8,10,12-14,16,19,22,25,28,30-32,34-39,41-71H2,1-5H3/b11-9-,17-15-,20-18-,23-21-,26-24-,29-27-,40-33-. The summed E-state index contributed by atoms with van der Waals surface area (Å²) in [5.41, 5.74) is 0. The molecule has 84 heavy (non-hydrogen) atoms. The Hall–Kier alpha value is -2.81. The van der Waals surface area contributed by atoms with E-state index in [9.17, 15) is 19.0 Å². The van der Waals surface area contributed by atoms with Crippen LogP contribution in [0.25, 0.3) is 0 Å². The molecule has 0 bridgehead atoms. The SMILES string of the molecule is CC/C=C\C/C=C\C/C=C\C/C=C\C/C=C\CCCCCCCCCCCCCC(=O)OC(COC(=O)CCCCCCCCCCCCCCCCCCCCCCC/C=C\C/C=C\CCCCCCC)COP(=O)([O-])OCC[N+](C)(C)C. The van der Waals surface area contributed by atoms with Crippen molar-refractivity contribution in [2.75, 3.05) is 47.5 Å². The van der Waals surface area contributed by atoms with Gasteiger partial charge in [-0.15, -0.1) is 0 Å². The van der Waals surface area contributed by atoms with E-state index in [2.05, 4.69) is 98.9 Å². The largest absolute Gasteiger partial charge is 0.756 e. The molecule has 0 saturated heterocycles. The summed E-state index contributed by atoms with van der Waals surface area (Å²) in [6, 6.07) is 0. The van der Waals surface area contributed by atoms with Crippen molar-refractivity contribution in [3.05, 3.63) is 85.1 Å². The molecule has 0 aliphatic rings. The van der Waals surface area contributed by atoms with Crippen LogP contribution in [0.1, 0.15) is 322 Å². The number of nitrogens with zero attached hydrogens (tertiary/aromatic N) is 1. The second-order valence-corrected chi connectivity index (χ2v) is 26.3. The Bertz CT molecular complexity index is 1690. The van der Waals surface area contributed by atoms with E-state index in [4.69, 9.17) is 18.5 Å². The minimum atomic E-state index is -4.65. The van der Waals surface area contributed by atoms with Gasteiger partial charge in [0.05, 0.1) is 27.7 Å². The molecule has 0 heterocycles. The van der Waals surface area contributed by atoms with Crippen molar-refractivity contribution in [2.24, 2.45) is 0 Å². The Balaban J connectivity index is 4.02. The first kappa shape index (κ1) is 81.2. The third-order valence-electron chi connectivity index (χ3n) is 15.4. The third kappa shape index (κ3) is 68.3. The predicted molar refractivity (Wildman–Crippen MR) is 360 cm³/mol. The number of esters is 2. The van der Waals surface area contributed by atoms with E-state index in [1.807, 2.05) is 21.1 Å². The number of allylic oxidation sites excluding steroid dienone is 14. The van der Waals surface area contributed by atoms with Crippen LogP contribution in [0.2, 0.25) is 0 Å². The highest BCUT2D eigenvalue weighted by molar-refractivity contribution is 7.45. The van der Waals surface area contributed by atoms with Gasteiger partial charge in [0.15, 0.2) is 6.10 Å². The molecule has 0 aromatic rings. The Kier molecular flexibility index (Phi) is 62.5. The van der Waals surface area contributed by atoms with Crippen LogP contribution in [-0.2, 0) is 32.7 Å². The van der Waals surface area contributed by atoms with Gasteiger partial charge in [0.25, 0.3) is 7.82 Å². The smallest absolute Gasteiger partial charge is 0.306 e. The van der Waals surface area contributed by atoms with Crippen LogP contribution in [0.15, 0.2) is 85.1 Å². The third-order valence-corrected chi connectivity index (χ3v) is 16.4. The summed E-state index contributed by atoms with van der Waals surface area (Å²) < 4.78 is 34.3. The number of carbonyl (C=O) groups excluding carboxylic acids is 2. The second kappa shape index (κ2) is 64.7. The summed E-state index contributed by atoms with van der Waals surface area (Å²) in [4.78, 5) is 38.1. The minimum Gasteiger partial charge on any atom is -0.756 e. The van der Waals surface area contributed by atoms with Gasteiger partial charge in [-0.05, 0) is 89.9 Å². The Labute approximate surface area is 520 Å². The highest BCUT2D eigenvalue weighted by Gasteiger charge is 2.22. The first-order chi connectivity index (χ1) is 41.0. The number of unbranched alkanes of at least 4 members (excludes halogenated alkanes) is 37. The molecule has 0 fully saturated rings. The Morgan fingerprint density at radius 3 is 1.01 bits per heavy atom. The monoisotopic (exact) mass is 1200 g/mol. The van der Waals surface area contributed by atoms with Crippen LogP contribution in [0.5, 0.6) is 0 Å². The molecule has 0 aliphatic heterocycles. The van der Waals surface area contributed by atoms with Crippen LogP contribution in [-0.4, -0.2) is 70.0 Å². The van der Waals surface area contributed by atoms with Gasteiger partial charge in [-0.25, -0.2) is 0 Å². The molecule has 0 amide bonds. The number of likely N-dealkylation sites (N-methyl/N-ethyl adjacent to an activating group) is 1. The molecule has 0 spiro atoms. The second-order valence-electron chi connectivity index (χ2n) is 24.9. The van der Waals surface area contributed by atoms with Crippen molar-refractivity contribution < 1.29 is 42.1 Å². The number of ether oxygens (including phenoxy) is 2. The molecule has 0 N–H and O–H groups in total. The van der Waals surface area contributed by atoms with Crippen LogP contribution in [0, 0.1) is 0 Å². The van der Waals surface area contributed by atoms with Crippen molar-refractivity contribution >= 4 is 19.8 Å². The summed E-state index contributed by atoms with van der Waals surface area (Å²) in [6.07, 6.45) is 88.1. The number of quaternary nitrogens is 1. The maximum atomic E-state index is 12.9. The van der Waals surface area contributed by atoms with Gasteiger partial charge < -0.3 is 27.9 Å². The molecular weight excluding hydrogens is 1060 g/mol. The summed E-state index contributed by atoms with van der Waals surface area (Å²) in [6.45, 7) is 4.15. The van der Waals surface area contributed by atoms with Crippen LogP contribution >= 0.6 is 7.82 Å². The average molecular weight is 1200 g/mol. The van der Waals surface area contributed by atoms with Gasteiger partial charge in [0.1, 0.15) is 19.8 Å². The van der Waals surface area contributed by atoms with Crippen molar-refractivity contribution in [2.45, 2.75) is 328 Å². The lowest BCUT2D eigenvalue weighted by Gasteiger charge is -2.28.